The number of ether oxygens (including phenoxy) is 1. The van der Waals surface area contributed by atoms with E-state index >= 15 is 0 Å². The van der Waals surface area contributed by atoms with Crippen LogP contribution in [-0.2, 0) is 4.74 Å². The molecule has 2 unspecified atom stereocenters. The molecule has 0 amide bonds. The van der Waals surface area contributed by atoms with Crippen LogP contribution >= 0.6 is 11.6 Å². The first-order valence-electron chi connectivity index (χ1n) is 3.11. The van der Waals surface area contributed by atoms with Gasteiger partial charge in [0.1, 0.15) is 0 Å². The van der Waals surface area contributed by atoms with Crippen molar-refractivity contribution in [3.05, 3.63) is 0 Å². The molecular formula is C7H9ClO. The molecule has 0 bridgehead atoms. The summed E-state index contributed by atoms with van der Waals surface area (Å²) in [6.45, 7) is 2.77. The van der Waals surface area contributed by atoms with Crippen LogP contribution in [0.5, 0.6) is 0 Å². The highest BCUT2D eigenvalue weighted by molar-refractivity contribution is 6.30. The predicted octanol–water partition coefficient (Wildman–Crippen LogP) is 1.61. The lowest BCUT2D eigenvalue weighted by Gasteiger charge is -1.92. The molecule has 0 radical (unpaired) electrons. The van der Waals surface area contributed by atoms with E-state index in [2.05, 4.69) is 11.3 Å². The zero-order chi connectivity index (χ0) is 6.69. The standard InChI is InChI=1S/C7H9ClO/c1-2-9-7-5-6(7)3-4-8/h6-7H,2,5H2,1H3. The fourth-order valence-corrected chi connectivity index (χ4v) is 0.932. The summed E-state index contributed by atoms with van der Waals surface area (Å²) in [7, 11) is 0. The Balaban J connectivity index is 2.14. The Hall–Kier alpha value is -0.190. The van der Waals surface area contributed by atoms with Gasteiger partial charge in [-0.3, -0.25) is 0 Å². The zero-order valence-electron chi connectivity index (χ0n) is 5.36. The van der Waals surface area contributed by atoms with Gasteiger partial charge in [-0.15, -0.1) is 0 Å². The smallest absolute Gasteiger partial charge is 0.0726 e. The topological polar surface area (TPSA) is 9.23 Å². The summed E-state index contributed by atoms with van der Waals surface area (Å²) in [6, 6.07) is 0. The fraction of sp³-hybridized carbons (Fsp3) is 0.714. The Kier molecular flexibility index (Phi) is 2.38. The van der Waals surface area contributed by atoms with E-state index in [1.54, 1.807) is 0 Å². The van der Waals surface area contributed by atoms with E-state index in [-0.39, 0.29) is 0 Å². The van der Waals surface area contributed by atoms with Crippen molar-refractivity contribution >= 4 is 11.6 Å². The fourth-order valence-electron chi connectivity index (χ4n) is 0.792. The maximum Gasteiger partial charge on any atom is 0.0726 e. The third kappa shape index (κ3) is 1.89. The van der Waals surface area contributed by atoms with Gasteiger partial charge in [0.25, 0.3) is 0 Å². The summed E-state index contributed by atoms with van der Waals surface area (Å²) in [5.74, 6) is 3.26. The van der Waals surface area contributed by atoms with Crippen molar-refractivity contribution in [3.8, 4) is 11.3 Å². The Labute approximate surface area is 60.3 Å². The van der Waals surface area contributed by atoms with Gasteiger partial charge in [0, 0.05) is 12.0 Å². The maximum atomic E-state index is 5.26. The monoisotopic (exact) mass is 144 g/mol. The number of hydrogen-bond acceptors (Lipinski definition) is 1. The van der Waals surface area contributed by atoms with Gasteiger partial charge in [-0.2, -0.15) is 0 Å². The Morgan fingerprint density at radius 2 is 2.56 bits per heavy atom. The van der Waals surface area contributed by atoms with Crippen molar-refractivity contribution in [1.29, 1.82) is 0 Å². The molecule has 0 spiro atoms. The van der Waals surface area contributed by atoms with E-state index in [1.807, 2.05) is 6.92 Å². The average Bonchev–Trinajstić information content (AvgIpc) is 2.50. The second-order valence-corrected chi connectivity index (χ2v) is 2.26. The van der Waals surface area contributed by atoms with Crippen LogP contribution in [-0.4, -0.2) is 12.7 Å². The molecular weight excluding hydrogens is 136 g/mol. The van der Waals surface area contributed by atoms with Crippen LogP contribution in [0.1, 0.15) is 13.3 Å². The zero-order valence-corrected chi connectivity index (χ0v) is 6.11. The minimum atomic E-state index is 0.376. The van der Waals surface area contributed by atoms with E-state index in [0.29, 0.717) is 12.0 Å². The molecule has 1 fully saturated rings. The lowest BCUT2D eigenvalue weighted by molar-refractivity contribution is 0.127. The summed E-state index contributed by atoms with van der Waals surface area (Å²) >= 11 is 5.19. The van der Waals surface area contributed by atoms with Crippen molar-refractivity contribution < 1.29 is 4.74 Å². The predicted molar refractivity (Wildman–Crippen MR) is 37.2 cm³/mol. The van der Waals surface area contributed by atoms with Crippen molar-refractivity contribution in [3.63, 3.8) is 0 Å². The first-order chi connectivity index (χ1) is 4.38. The minimum Gasteiger partial charge on any atom is -0.377 e. The van der Waals surface area contributed by atoms with Crippen molar-refractivity contribution in [2.24, 2.45) is 5.92 Å². The lowest BCUT2D eigenvalue weighted by Crippen LogP contribution is -1.93. The Morgan fingerprint density at radius 3 is 3.11 bits per heavy atom. The molecule has 0 aromatic rings. The maximum absolute atomic E-state index is 5.26. The van der Waals surface area contributed by atoms with Gasteiger partial charge in [-0.25, -0.2) is 0 Å². The van der Waals surface area contributed by atoms with Crippen molar-refractivity contribution in [1.82, 2.24) is 0 Å². The lowest BCUT2D eigenvalue weighted by atomic mass is 10.4. The van der Waals surface area contributed by atoms with E-state index < -0.39 is 0 Å². The molecule has 1 rings (SSSR count). The highest BCUT2D eigenvalue weighted by Crippen LogP contribution is 2.32. The van der Waals surface area contributed by atoms with Gasteiger partial charge in [0.2, 0.25) is 0 Å². The summed E-state index contributed by atoms with van der Waals surface area (Å²) in [6.07, 6.45) is 1.44. The second kappa shape index (κ2) is 3.10. The molecule has 1 aliphatic carbocycles. The number of hydrogen-bond donors (Lipinski definition) is 0. The van der Waals surface area contributed by atoms with Gasteiger partial charge < -0.3 is 4.74 Å². The third-order valence-electron chi connectivity index (χ3n) is 1.35. The molecule has 1 nitrogen and oxygen atoms in total. The number of halogens is 1. The molecule has 0 heterocycles. The van der Waals surface area contributed by atoms with E-state index in [9.17, 15) is 0 Å². The highest BCUT2D eigenvalue weighted by atomic mass is 35.5. The molecule has 0 aromatic heterocycles. The molecule has 50 valence electrons. The van der Waals surface area contributed by atoms with Gasteiger partial charge in [-0.05, 0) is 24.9 Å². The van der Waals surface area contributed by atoms with Crippen LogP contribution in [0.4, 0.5) is 0 Å². The van der Waals surface area contributed by atoms with Gasteiger partial charge >= 0.3 is 0 Å². The molecule has 2 atom stereocenters. The number of rotatable bonds is 2. The highest BCUT2D eigenvalue weighted by Gasteiger charge is 2.36. The van der Waals surface area contributed by atoms with Crippen LogP contribution in [0.3, 0.4) is 0 Å². The first kappa shape index (κ1) is 6.92. The molecule has 2 heteroatoms. The molecule has 1 saturated carbocycles. The normalized spacial score (nSPS) is 30.9. The SMILES string of the molecule is CCOC1CC1C#CCl. The quantitative estimate of drug-likeness (QED) is 0.535. The van der Waals surface area contributed by atoms with Crippen LogP contribution in [0.15, 0.2) is 0 Å². The van der Waals surface area contributed by atoms with Crippen LogP contribution in [0, 0.1) is 17.2 Å². The summed E-state index contributed by atoms with van der Waals surface area (Å²) in [4.78, 5) is 0. The minimum absolute atomic E-state index is 0.376. The van der Waals surface area contributed by atoms with Crippen LogP contribution in [0.25, 0.3) is 0 Å². The van der Waals surface area contributed by atoms with E-state index in [1.165, 1.54) is 0 Å². The third-order valence-corrected chi connectivity index (χ3v) is 1.46. The second-order valence-electron chi connectivity index (χ2n) is 2.07. The molecule has 0 saturated heterocycles. The van der Waals surface area contributed by atoms with E-state index in [4.69, 9.17) is 16.3 Å². The largest absolute Gasteiger partial charge is 0.377 e. The van der Waals surface area contributed by atoms with Crippen LogP contribution < -0.4 is 0 Å². The Bertz CT molecular complexity index is 145. The van der Waals surface area contributed by atoms with Gasteiger partial charge in [-0.1, -0.05) is 5.92 Å². The van der Waals surface area contributed by atoms with Gasteiger partial charge in [0.15, 0.2) is 0 Å². The summed E-state index contributed by atoms with van der Waals surface area (Å²) in [5, 5.41) is 2.36. The average molecular weight is 145 g/mol. The molecule has 0 N–H and O–H groups in total. The summed E-state index contributed by atoms with van der Waals surface area (Å²) < 4.78 is 5.26. The molecule has 1 aliphatic rings. The van der Waals surface area contributed by atoms with Gasteiger partial charge in [0.05, 0.1) is 12.0 Å². The van der Waals surface area contributed by atoms with Crippen molar-refractivity contribution in [2.75, 3.05) is 6.61 Å². The van der Waals surface area contributed by atoms with Crippen molar-refractivity contribution in [2.45, 2.75) is 19.4 Å². The molecule has 9 heavy (non-hydrogen) atoms. The van der Waals surface area contributed by atoms with E-state index in [0.717, 1.165) is 13.0 Å². The Morgan fingerprint density at radius 1 is 1.78 bits per heavy atom. The summed E-state index contributed by atoms with van der Waals surface area (Å²) in [5.41, 5.74) is 0. The molecule has 0 aliphatic heterocycles. The molecule has 0 aromatic carbocycles. The first-order valence-corrected chi connectivity index (χ1v) is 3.49. The van der Waals surface area contributed by atoms with Crippen LogP contribution in [0.2, 0.25) is 0 Å².